The van der Waals surface area contributed by atoms with Crippen LogP contribution in [0.4, 0.5) is 0 Å². The van der Waals surface area contributed by atoms with Crippen LogP contribution in [0.3, 0.4) is 0 Å². The van der Waals surface area contributed by atoms with Crippen molar-refractivity contribution >= 4 is 16.8 Å². The van der Waals surface area contributed by atoms with Crippen molar-refractivity contribution in [2.24, 2.45) is 11.8 Å². The number of amides is 1. The summed E-state index contributed by atoms with van der Waals surface area (Å²) in [6, 6.07) is 18.8. The number of fused-ring (bicyclic) bond motifs is 1. The summed E-state index contributed by atoms with van der Waals surface area (Å²) in [6.45, 7) is 6.71. The molecule has 0 aliphatic heterocycles. The Morgan fingerprint density at radius 2 is 1.80 bits per heavy atom. The van der Waals surface area contributed by atoms with E-state index in [1.165, 1.54) is 24.8 Å². The average Bonchev–Trinajstić information content (AvgIpc) is 2.74. The molecule has 1 aliphatic carbocycles. The molecule has 1 aliphatic rings. The van der Waals surface area contributed by atoms with Crippen LogP contribution in [0.1, 0.15) is 62.4 Å². The summed E-state index contributed by atoms with van der Waals surface area (Å²) < 4.78 is 0. The third kappa shape index (κ3) is 4.56. The largest absolute Gasteiger partial charge is 0.349 e. The minimum absolute atomic E-state index is 0.0185. The van der Waals surface area contributed by atoms with Crippen molar-refractivity contribution in [3.8, 4) is 11.3 Å². The summed E-state index contributed by atoms with van der Waals surface area (Å²) in [5.41, 5.74) is 4.82. The lowest BCUT2D eigenvalue weighted by molar-refractivity contribution is 0.0912. The highest BCUT2D eigenvalue weighted by Gasteiger charge is 2.24. The van der Waals surface area contributed by atoms with Gasteiger partial charge in [0.1, 0.15) is 0 Å². The Labute approximate surface area is 179 Å². The SMILES string of the molecule is CC(C)Cc1ccc(-c2cc(C(=O)N[C@@H]3CCCC[C@H]3C)c3ccccc3n2)cc1. The van der Waals surface area contributed by atoms with Crippen LogP contribution in [0, 0.1) is 11.8 Å². The quantitative estimate of drug-likeness (QED) is 0.538. The third-order valence-corrected chi connectivity index (χ3v) is 6.28. The minimum atomic E-state index is 0.0185. The summed E-state index contributed by atoms with van der Waals surface area (Å²) in [5.74, 6) is 1.18. The van der Waals surface area contributed by atoms with Crippen LogP contribution in [0.5, 0.6) is 0 Å². The van der Waals surface area contributed by atoms with Crippen LogP contribution in [0.2, 0.25) is 0 Å². The van der Waals surface area contributed by atoms with E-state index < -0.39 is 0 Å². The van der Waals surface area contributed by atoms with Crippen molar-refractivity contribution in [1.82, 2.24) is 10.3 Å². The van der Waals surface area contributed by atoms with Crippen molar-refractivity contribution in [3.63, 3.8) is 0 Å². The molecule has 0 radical (unpaired) electrons. The Morgan fingerprint density at radius 3 is 2.53 bits per heavy atom. The van der Waals surface area contributed by atoms with Crippen LogP contribution in [-0.4, -0.2) is 16.9 Å². The first-order valence-electron chi connectivity index (χ1n) is 11.3. The molecule has 3 heteroatoms. The summed E-state index contributed by atoms with van der Waals surface area (Å²) >= 11 is 0. The van der Waals surface area contributed by atoms with Gasteiger partial charge in [0.25, 0.3) is 5.91 Å². The molecule has 0 unspecified atom stereocenters. The number of rotatable bonds is 5. The standard InChI is InChI=1S/C27H32N2O/c1-18(2)16-20-12-14-21(15-13-20)26-17-23(22-9-5-7-11-25(22)28-26)27(30)29-24-10-6-4-8-19(24)3/h5,7,9,11-15,17-19,24H,4,6,8,10,16H2,1-3H3,(H,29,30)/t19-,24-/m1/s1. The van der Waals surface area contributed by atoms with E-state index in [-0.39, 0.29) is 11.9 Å². The Balaban J connectivity index is 1.68. The van der Waals surface area contributed by atoms with Gasteiger partial charge in [-0.15, -0.1) is 0 Å². The van der Waals surface area contributed by atoms with E-state index in [4.69, 9.17) is 4.98 Å². The van der Waals surface area contributed by atoms with Crippen LogP contribution in [-0.2, 0) is 6.42 Å². The summed E-state index contributed by atoms with van der Waals surface area (Å²) in [6.07, 6.45) is 5.79. The summed E-state index contributed by atoms with van der Waals surface area (Å²) in [4.78, 5) is 18.2. The van der Waals surface area contributed by atoms with E-state index in [9.17, 15) is 4.79 Å². The van der Waals surface area contributed by atoms with Crippen LogP contribution in [0.15, 0.2) is 54.6 Å². The monoisotopic (exact) mass is 400 g/mol. The van der Waals surface area contributed by atoms with Crippen molar-refractivity contribution in [2.45, 2.75) is 58.9 Å². The highest BCUT2D eigenvalue weighted by Crippen LogP contribution is 2.28. The zero-order valence-electron chi connectivity index (χ0n) is 18.3. The molecule has 1 aromatic heterocycles. The predicted octanol–water partition coefficient (Wildman–Crippen LogP) is 6.41. The number of aromatic nitrogens is 1. The maximum atomic E-state index is 13.3. The molecule has 156 valence electrons. The van der Waals surface area contributed by atoms with Gasteiger partial charge in [-0.3, -0.25) is 4.79 Å². The lowest BCUT2D eigenvalue weighted by Crippen LogP contribution is -2.41. The molecule has 0 spiro atoms. The third-order valence-electron chi connectivity index (χ3n) is 6.28. The summed E-state index contributed by atoms with van der Waals surface area (Å²) in [5, 5.41) is 4.24. The first kappa shape index (κ1) is 20.6. The topological polar surface area (TPSA) is 42.0 Å². The van der Waals surface area contributed by atoms with Crippen LogP contribution >= 0.6 is 0 Å². The number of nitrogens with one attached hydrogen (secondary N) is 1. The van der Waals surface area contributed by atoms with Gasteiger partial charge >= 0.3 is 0 Å². The lowest BCUT2D eigenvalue weighted by Gasteiger charge is -2.29. The van der Waals surface area contributed by atoms with E-state index in [1.54, 1.807) is 0 Å². The predicted molar refractivity (Wildman–Crippen MR) is 125 cm³/mol. The van der Waals surface area contributed by atoms with Gasteiger partial charge in [0.15, 0.2) is 0 Å². The van der Waals surface area contributed by atoms with Crippen molar-refractivity contribution < 1.29 is 4.79 Å². The molecular formula is C27H32N2O. The van der Waals surface area contributed by atoms with Crippen molar-refractivity contribution in [1.29, 1.82) is 0 Å². The molecule has 2 atom stereocenters. The van der Waals surface area contributed by atoms with Gasteiger partial charge in [-0.2, -0.15) is 0 Å². The number of hydrogen-bond acceptors (Lipinski definition) is 2. The molecular weight excluding hydrogens is 368 g/mol. The minimum Gasteiger partial charge on any atom is -0.349 e. The highest BCUT2D eigenvalue weighted by atomic mass is 16.1. The number of pyridine rings is 1. The molecule has 1 N–H and O–H groups in total. The molecule has 1 fully saturated rings. The Morgan fingerprint density at radius 1 is 1.07 bits per heavy atom. The number of carbonyl (C=O) groups is 1. The van der Waals surface area contributed by atoms with Crippen LogP contribution in [0.25, 0.3) is 22.2 Å². The second-order valence-electron chi connectivity index (χ2n) is 9.21. The number of nitrogens with zero attached hydrogens (tertiary/aromatic N) is 1. The van der Waals surface area contributed by atoms with Gasteiger partial charge in [0, 0.05) is 17.0 Å². The Hall–Kier alpha value is -2.68. The number of carbonyl (C=O) groups excluding carboxylic acids is 1. The Bertz CT molecular complexity index is 1020. The van der Waals surface area contributed by atoms with Gasteiger partial charge in [-0.1, -0.05) is 76.1 Å². The first-order valence-corrected chi connectivity index (χ1v) is 11.3. The molecule has 3 aromatic rings. The van der Waals surface area contributed by atoms with Crippen molar-refractivity contribution in [2.75, 3.05) is 0 Å². The number of benzene rings is 2. The molecule has 0 saturated heterocycles. The molecule has 4 rings (SSSR count). The van der Waals surface area contributed by atoms with E-state index >= 15 is 0 Å². The first-order chi connectivity index (χ1) is 14.5. The highest BCUT2D eigenvalue weighted by molar-refractivity contribution is 6.07. The zero-order valence-corrected chi connectivity index (χ0v) is 18.3. The normalized spacial score (nSPS) is 19.2. The fourth-order valence-corrected chi connectivity index (χ4v) is 4.57. The number of hydrogen-bond donors (Lipinski definition) is 1. The summed E-state index contributed by atoms with van der Waals surface area (Å²) in [7, 11) is 0. The van der Waals surface area contributed by atoms with E-state index in [2.05, 4.69) is 50.4 Å². The molecule has 1 saturated carbocycles. The second-order valence-corrected chi connectivity index (χ2v) is 9.21. The maximum absolute atomic E-state index is 13.3. The van der Waals surface area contributed by atoms with E-state index in [1.807, 2.05) is 30.3 Å². The molecule has 1 amide bonds. The second kappa shape index (κ2) is 8.99. The zero-order chi connectivity index (χ0) is 21.1. The van der Waals surface area contributed by atoms with Crippen LogP contribution < -0.4 is 5.32 Å². The van der Waals surface area contributed by atoms with Gasteiger partial charge < -0.3 is 5.32 Å². The van der Waals surface area contributed by atoms with E-state index in [0.717, 1.165) is 40.6 Å². The molecule has 3 nitrogen and oxygen atoms in total. The van der Waals surface area contributed by atoms with Crippen molar-refractivity contribution in [3.05, 3.63) is 65.7 Å². The smallest absolute Gasteiger partial charge is 0.252 e. The fraction of sp³-hybridized carbons (Fsp3) is 0.407. The van der Waals surface area contributed by atoms with Gasteiger partial charge in [-0.25, -0.2) is 4.98 Å². The van der Waals surface area contributed by atoms with E-state index in [0.29, 0.717) is 11.8 Å². The molecule has 2 aromatic carbocycles. The molecule has 1 heterocycles. The van der Waals surface area contributed by atoms with Gasteiger partial charge in [0.2, 0.25) is 0 Å². The Kier molecular flexibility index (Phi) is 6.17. The number of para-hydroxylation sites is 1. The average molecular weight is 401 g/mol. The molecule has 0 bridgehead atoms. The fourth-order valence-electron chi connectivity index (χ4n) is 4.57. The van der Waals surface area contributed by atoms with Gasteiger partial charge in [-0.05, 0) is 48.8 Å². The molecule has 30 heavy (non-hydrogen) atoms. The maximum Gasteiger partial charge on any atom is 0.252 e. The lowest BCUT2D eigenvalue weighted by atomic mass is 9.85. The van der Waals surface area contributed by atoms with Gasteiger partial charge in [0.05, 0.1) is 16.8 Å².